The number of rotatable bonds is 3. The van der Waals surface area contributed by atoms with Crippen molar-refractivity contribution < 1.29 is 5.11 Å². The van der Waals surface area contributed by atoms with Gasteiger partial charge in [0.15, 0.2) is 0 Å². The van der Waals surface area contributed by atoms with E-state index in [-0.39, 0.29) is 15.9 Å². The molecule has 0 unspecified atom stereocenters. The van der Waals surface area contributed by atoms with E-state index in [1.807, 2.05) is 42.5 Å². The van der Waals surface area contributed by atoms with Crippen LogP contribution in [0.2, 0.25) is 15.9 Å². The molecule has 0 radical (unpaired) electrons. The first kappa shape index (κ1) is 23.1. The Balaban J connectivity index is 0.000000204. The van der Waals surface area contributed by atoms with Crippen molar-refractivity contribution in [1.82, 2.24) is 15.0 Å². The van der Waals surface area contributed by atoms with Gasteiger partial charge in [0.1, 0.15) is 5.75 Å². The molecule has 0 bridgehead atoms. The lowest BCUT2D eigenvalue weighted by Crippen LogP contribution is -2.01. The molecule has 1 heterocycles. The number of aromatic nitrogens is 3. The maximum atomic E-state index is 8.89. The van der Waals surface area contributed by atoms with E-state index in [9.17, 15) is 0 Å². The molecule has 9 heteroatoms. The first-order valence-corrected chi connectivity index (χ1v) is 9.02. The van der Waals surface area contributed by atoms with E-state index in [1.165, 1.54) is 11.1 Å². The molecule has 0 aliphatic rings. The van der Waals surface area contributed by atoms with Crippen molar-refractivity contribution in [2.75, 3.05) is 6.54 Å². The fourth-order valence-corrected chi connectivity index (χ4v) is 2.36. The van der Waals surface area contributed by atoms with Crippen LogP contribution in [0.25, 0.3) is 0 Å². The van der Waals surface area contributed by atoms with Gasteiger partial charge in [-0.25, -0.2) is 0 Å². The molecule has 0 spiro atoms. The highest BCUT2D eigenvalue weighted by atomic mass is 35.5. The van der Waals surface area contributed by atoms with Gasteiger partial charge in [-0.1, -0.05) is 42.5 Å². The van der Waals surface area contributed by atoms with Crippen LogP contribution in [0, 0.1) is 0 Å². The Morgan fingerprint density at radius 1 is 0.704 bits per heavy atom. The van der Waals surface area contributed by atoms with E-state index in [0.29, 0.717) is 18.8 Å². The number of phenols is 1. The van der Waals surface area contributed by atoms with Gasteiger partial charge in [-0.2, -0.15) is 15.0 Å². The summed E-state index contributed by atoms with van der Waals surface area (Å²) in [7, 11) is 0. The molecule has 0 aliphatic heterocycles. The van der Waals surface area contributed by atoms with Crippen molar-refractivity contribution in [3.05, 3.63) is 81.6 Å². The van der Waals surface area contributed by atoms with Crippen LogP contribution in [0.5, 0.6) is 5.75 Å². The number of benzene rings is 2. The summed E-state index contributed by atoms with van der Waals surface area (Å²) < 4.78 is 0. The van der Waals surface area contributed by atoms with Crippen LogP contribution in [0.3, 0.4) is 0 Å². The Bertz CT molecular complexity index is 738. The van der Waals surface area contributed by atoms with Crippen molar-refractivity contribution >= 4 is 34.8 Å². The average Bonchev–Trinajstić information content (AvgIpc) is 2.64. The number of hydrogen-bond acceptors (Lipinski definition) is 6. The number of nitrogens with zero attached hydrogens (tertiary/aromatic N) is 3. The minimum atomic E-state index is 0.000000000000000444. The van der Waals surface area contributed by atoms with Crippen molar-refractivity contribution in [3.8, 4) is 5.75 Å². The minimum Gasteiger partial charge on any atom is -0.508 e. The fraction of sp³-hybridized carbons (Fsp3) is 0.167. The Morgan fingerprint density at radius 2 is 1.19 bits per heavy atom. The van der Waals surface area contributed by atoms with Crippen molar-refractivity contribution in [2.24, 2.45) is 11.5 Å². The first-order valence-electron chi connectivity index (χ1n) is 7.89. The monoisotopic (exact) mass is 427 g/mol. The normalized spacial score (nSPS) is 9.52. The van der Waals surface area contributed by atoms with Crippen LogP contribution in [-0.2, 0) is 13.0 Å². The molecule has 0 fully saturated rings. The molecule has 144 valence electrons. The molecule has 6 nitrogen and oxygen atoms in total. The Morgan fingerprint density at radius 3 is 1.56 bits per heavy atom. The van der Waals surface area contributed by atoms with E-state index in [4.69, 9.17) is 51.4 Å². The number of hydrogen-bond donors (Lipinski definition) is 3. The topological polar surface area (TPSA) is 111 Å². The molecular formula is C18H20Cl3N5O. The lowest BCUT2D eigenvalue weighted by molar-refractivity contribution is 0.475. The van der Waals surface area contributed by atoms with Crippen LogP contribution < -0.4 is 11.5 Å². The van der Waals surface area contributed by atoms with Gasteiger partial charge in [-0.05, 0) is 71.0 Å². The summed E-state index contributed by atoms with van der Waals surface area (Å²) in [5.74, 6) is 0.306. The second-order valence-corrected chi connectivity index (χ2v) is 6.05. The number of nitrogens with two attached hydrogens (primary N) is 2. The Kier molecular flexibility index (Phi) is 11.3. The highest BCUT2D eigenvalue weighted by Crippen LogP contribution is 2.09. The molecule has 3 rings (SSSR count). The van der Waals surface area contributed by atoms with Crippen molar-refractivity contribution in [1.29, 1.82) is 0 Å². The predicted molar refractivity (Wildman–Crippen MR) is 110 cm³/mol. The van der Waals surface area contributed by atoms with E-state index >= 15 is 0 Å². The molecule has 2 aromatic carbocycles. The average molecular weight is 429 g/mol. The van der Waals surface area contributed by atoms with Crippen LogP contribution in [0.1, 0.15) is 11.1 Å². The van der Waals surface area contributed by atoms with E-state index in [1.54, 1.807) is 12.1 Å². The maximum Gasteiger partial charge on any atom is 0.227 e. The third-order valence-corrected chi connectivity index (χ3v) is 3.51. The van der Waals surface area contributed by atoms with Crippen LogP contribution >= 0.6 is 34.8 Å². The molecule has 0 atom stereocenters. The maximum absolute atomic E-state index is 8.89. The minimum absolute atomic E-state index is 0.000000000000000444. The molecule has 0 aliphatic carbocycles. The van der Waals surface area contributed by atoms with E-state index < -0.39 is 0 Å². The van der Waals surface area contributed by atoms with Gasteiger partial charge in [0.25, 0.3) is 0 Å². The molecule has 0 saturated carbocycles. The van der Waals surface area contributed by atoms with Gasteiger partial charge in [-0.15, -0.1) is 0 Å². The molecule has 1 aromatic heterocycles. The number of phenolic OH excluding ortho intramolecular Hbond substituents is 1. The third kappa shape index (κ3) is 10.7. The zero-order valence-corrected chi connectivity index (χ0v) is 16.7. The predicted octanol–water partition coefficient (Wildman–Crippen LogP) is 3.87. The zero-order valence-electron chi connectivity index (χ0n) is 14.4. The summed E-state index contributed by atoms with van der Waals surface area (Å²) in [5.41, 5.74) is 13.0. The Hall–Kier alpha value is -1.96. The highest BCUT2D eigenvalue weighted by Gasteiger charge is 1.97. The standard InChI is InChI=1S/C8H11NO.C7H9N.C3Cl3N3/c9-6-5-7-1-3-8(10)4-2-7;8-6-7-4-2-1-3-5-7;4-1-7-2(5)9-3(6)8-1/h1-4,10H,5-6,9H2;1-5H,6,8H2;. The summed E-state index contributed by atoms with van der Waals surface area (Å²) in [6.45, 7) is 1.30. The van der Waals surface area contributed by atoms with Gasteiger partial charge < -0.3 is 16.6 Å². The smallest absolute Gasteiger partial charge is 0.227 e. The largest absolute Gasteiger partial charge is 0.508 e. The van der Waals surface area contributed by atoms with E-state index in [2.05, 4.69) is 15.0 Å². The quantitative estimate of drug-likeness (QED) is 0.584. The highest BCUT2D eigenvalue weighted by molar-refractivity contribution is 6.33. The fourth-order valence-electron chi connectivity index (χ4n) is 1.75. The molecule has 27 heavy (non-hydrogen) atoms. The molecular weight excluding hydrogens is 409 g/mol. The van der Waals surface area contributed by atoms with Gasteiger partial charge in [0.2, 0.25) is 15.9 Å². The summed E-state index contributed by atoms with van der Waals surface area (Å²) in [5, 5.41) is 8.89. The first-order chi connectivity index (χ1) is 12.9. The lowest BCUT2D eigenvalue weighted by atomic mass is 10.1. The number of halogens is 3. The second kappa shape index (κ2) is 13.2. The van der Waals surface area contributed by atoms with Gasteiger partial charge >= 0.3 is 0 Å². The van der Waals surface area contributed by atoms with Gasteiger partial charge in [0.05, 0.1) is 0 Å². The lowest BCUT2D eigenvalue weighted by Gasteiger charge is -1.96. The third-order valence-electron chi connectivity index (χ3n) is 3.00. The summed E-state index contributed by atoms with van der Waals surface area (Å²) in [4.78, 5) is 10.4. The number of aromatic hydroxyl groups is 1. The Labute approximate surface area is 173 Å². The van der Waals surface area contributed by atoms with Gasteiger partial charge in [0, 0.05) is 6.54 Å². The zero-order chi connectivity index (χ0) is 20.1. The van der Waals surface area contributed by atoms with Crippen LogP contribution in [0.15, 0.2) is 54.6 Å². The molecule has 0 saturated heterocycles. The van der Waals surface area contributed by atoms with Crippen LogP contribution in [-0.4, -0.2) is 26.6 Å². The summed E-state index contributed by atoms with van der Waals surface area (Å²) in [6, 6.07) is 17.1. The molecule has 5 N–H and O–H groups in total. The van der Waals surface area contributed by atoms with Crippen LogP contribution in [0.4, 0.5) is 0 Å². The van der Waals surface area contributed by atoms with Crippen molar-refractivity contribution in [2.45, 2.75) is 13.0 Å². The second-order valence-electron chi connectivity index (χ2n) is 5.04. The van der Waals surface area contributed by atoms with Gasteiger partial charge in [-0.3, -0.25) is 0 Å². The summed E-state index contributed by atoms with van der Waals surface area (Å²) >= 11 is 16.0. The molecule has 0 amide bonds. The van der Waals surface area contributed by atoms with E-state index in [0.717, 1.165) is 6.42 Å². The SMILES string of the molecule is Clc1nc(Cl)nc(Cl)n1.NCCc1ccc(O)cc1.NCc1ccccc1. The summed E-state index contributed by atoms with van der Waals surface area (Å²) in [6.07, 6.45) is 0.875. The molecule has 3 aromatic rings. The van der Waals surface area contributed by atoms with Crippen molar-refractivity contribution in [3.63, 3.8) is 0 Å².